The van der Waals surface area contributed by atoms with Crippen molar-refractivity contribution < 1.29 is 19.1 Å². The maximum atomic E-state index is 12.4. The van der Waals surface area contributed by atoms with Crippen molar-refractivity contribution in [3.05, 3.63) is 35.9 Å². The van der Waals surface area contributed by atoms with Crippen molar-refractivity contribution in [3.63, 3.8) is 0 Å². The molecule has 8 heteroatoms. The summed E-state index contributed by atoms with van der Waals surface area (Å²) in [6, 6.07) is 9.08. The van der Waals surface area contributed by atoms with Gasteiger partial charge in [0.15, 0.2) is 6.61 Å². The fraction of sp³-hybridized carbons (Fsp3) is 0.474. The van der Waals surface area contributed by atoms with Gasteiger partial charge in [-0.3, -0.25) is 9.59 Å². The molecule has 3 aliphatic rings. The number of rotatable bonds is 4. The Hall–Kier alpha value is -2.35. The highest BCUT2D eigenvalue weighted by Gasteiger charge is 2.53. The first kappa shape index (κ1) is 18.0. The van der Waals surface area contributed by atoms with E-state index in [9.17, 15) is 14.4 Å². The third-order valence-corrected chi connectivity index (χ3v) is 6.76. The largest absolute Gasteiger partial charge is 0.454 e. The standard InChI is InChI=1S/C19H21N3O4S/c1-19-9-7-16(23)22(19)15(12-27-19)18(25)26-11-17(24)21-10-8-14(20-21)13-5-3-2-4-6-13/h2-6,15H,7-12H2,1H3/t15-,19-/m1/s1. The number of fused-ring (bicyclic) bond motifs is 1. The Bertz CT molecular complexity index is 812. The van der Waals surface area contributed by atoms with E-state index in [2.05, 4.69) is 5.10 Å². The molecule has 3 heterocycles. The van der Waals surface area contributed by atoms with E-state index in [0.29, 0.717) is 25.1 Å². The summed E-state index contributed by atoms with van der Waals surface area (Å²) in [6.45, 7) is 2.10. The van der Waals surface area contributed by atoms with Crippen molar-refractivity contribution in [1.29, 1.82) is 0 Å². The van der Waals surface area contributed by atoms with E-state index in [-0.39, 0.29) is 23.3 Å². The first-order chi connectivity index (χ1) is 13.0. The number of esters is 1. The Balaban J connectivity index is 1.34. The number of benzene rings is 1. The van der Waals surface area contributed by atoms with Gasteiger partial charge in [-0.2, -0.15) is 5.10 Å². The van der Waals surface area contributed by atoms with Gasteiger partial charge in [0, 0.05) is 18.6 Å². The summed E-state index contributed by atoms with van der Waals surface area (Å²) in [6.07, 6.45) is 1.87. The maximum absolute atomic E-state index is 12.4. The third kappa shape index (κ3) is 3.34. The Morgan fingerprint density at radius 1 is 1.30 bits per heavy atom. The molecule has 2 fully saturated rings. The molecule has 2 atom stereocenters. The van der Waals surface area contributed by atoms with Crippen molar-refractivity contribution in [1.82, 2.24) is 9.91 Å². The smallest absolute Gasteiger partial charge is 0.330 e. The molecular formula is C19H21N3O4S. The Labute approximate surface area is 161 Å². The van der Waals surface area contributed by atoms with Crippen LogP contribution < -0.4 is 0 Å². The van der Waals surface area contributed by atoms with Crippen molar-refractivity contribution in [2.45, 2.75) is 37.1 Å². The first-order valence-electron chi connectivity index (χ1n) is 9.04. The van der Waals surface area contributed by atoms with Crippen LogP contribution in [0.25, 0.3) is 0 Å². The number of nitrogens with zero attached hydrogens (tertiary/aromatic N) is 3. The molecule has 0 radical (unpaired) electrons. The fourth-order valence-corrected chi connectivity index (χ4v) is 5.19. The van der Waals surface area contributed by atoms with Crippen LogP contribution in [0.5, 0.6) is 0 Å². The fourth-order valence-electron chi connectivity index (χ4n) is 3.77. The quantitative estimate of drug-likeness (QED) is 0.734. The Kier molecular flexibility index (Phi) is 4.67. The predicted molar refractivity (Wildman–Crippen MR) is 101 cm³/mol. The number of hydrogen-bond acceptors (Lipinski definition) is 6. The number of hydrazone groups is 1. The van der Waals surface area contributed by atoms with Gasteiger partial charge in [-0.1, -0.05) is 30.3 Å². The van der Waals surface area contributed by atoms with Gasteiger partial charge in [0.2, 0.25) is 5.91 Å². The molecule has 27 heavy (non-hydrogen) atoms. The van der Waals surface area contributed by atoms with Gasteiger partial charge in [0.05, 0.1) is 17.1 Å². The van der Waals surface area contributed by atoms with E-state index < -0.39 is 12.0 Å². The Morgan fingerprint density at radius 2 is 2.07 bits per heavy atom. The zero-order valence-corrected chi connectivity index (χ0v) is 15.9. The molecule has 4 rings (SSSR count). The van der Waals surface area contributed by atoms with E-state index in [1.807, 2.05) is 37.3 Å². The molecule has 1 aromatic carbocycles. The van der Waals surface area contributed by atoms with Crippen LogP contribution in [0.1, 0.15) is 31.7 Å². The van der Waals surface area contributed by atoms with Crippen LogP contribution in [-0.2, 0) is 19.1 Å². The van der Waals surface area contributed by atoms with Gasteiger partial charge in [-0.25, -0.2) is 9.80 Å². The number of thioether (sulfide) groups is 1. The lowest BCUT2D eigenvalue weighted by atomic mass is 10.1. The monoisotopic (exact) mass is 387 g/mol. The maximum Gasteiger partial charge on any atom is 0.330 e. The molecular weight excluding hydrogens is 366 g/mol. The number of carbonyl (C=O) groups is 3. The number of amides is 2. The van der Waals surface area contributed by atoms with Crippen molar-refractivity contribution in [3.8, 4) is 0 Å². The second-order valence-corrected chi connectivity index (χ2v) is 8.55. The predicted octanol–water partition coefficient (Wildman–Crippen LogP) is 1.62. The van der Waals surface area contributed by atoms with Crippen molar-refractivity contribution in [2.24, 2.45) is 5.10 Å². The SMILES string of the molecule is C[C@@]12CCC(=O)N1[C@@H](C(=O)OCC(=O)N1CCC(c3ccccc3)=N1)CS2. The molecule has 0 aliphatic carbocycles. The van der Waals surface area contributed by atoms with Crippen molar-refractivity contribution >= 4 is 35.3 Å². The summed E-state index contributed by atoms with van der Waals surface area (Å²) in [4.78, 5) is 38.2. The summed E-state index contributed by atoms with van der Waals surface area (Å²) < 4.78 is 5.24. The molecule has 0 unspecified atom stereocenters. The molecule has 0 aromatic heterocycles. The summed E-state index contributed by atoms with van der Waals surface area (Å²) in [5.74, 6) is -0.376. The summed E-state index contributed by atoms with van der Waals surface area (Å²) >= 11 is 1.60. The van der Waals surface area contributed by atoms with Crippen LogP contribution in [0.3, 0.4) is 0 Å². The lowest BCUT2D eigenvalue weighted by Gasteiger charge is -2.29. The normalized spacial score (nSPS) is 26.9. The highest BCUT2D eigenvalue weighted by molar-refractivity contribution is 8.01. The average Bonchev–Trinajstić information content (AvgIpc) is 3.36. The minimum absolute atomic E-state index is 0.0209. The van der Waals surface area contributed by atoms with Crippen LogP contribution in [0.2, 0.25) is 0 Å². The van der Waals surface area contributed by atoms with Gasteiger partial charge in [0.25, 0.3) is 5.91 Å². The van der Waals surface area contributed by atoms with E-state index in [4.69, 9.17) is 4.74 Å². The van der Waals surface area contributed by atoms with E-state index >= 15 is 0 Å². The molecule has 0 spiro atoms. The zero-order valence-electron chi connectivity index (χ0n) is 15.1. The average molecular weight is 387 g/mol. The minimum Gasteiger partial charge on any atom is -0.454 e. The molecule has 1 aromatic rings. The number of hydrogen-bond donors (Lipinski definition) is 0. The summed E-state index contributed by atoms with van der Waals surface area (Å²) in [7, 11) is 0. The molecule has 0 N–H and O–H groups in total. The van der Waals surface area contributed by atoms with Crippen LogP contribution in [0.15, 0.2) is 35.4 Å². The summed E-state index contributed by atoms with van der Waals surface area (Å²) in [5, 5.41) is 5.70. The Morgan fingerprint density at radius 3 is 2.85 bits per heavy atom. The minimum atomic E-state index is -0.607. The van der Waals surface area contributed by atoms with Gasteiger partial charge in [-0.05, 0) is 18.9 Å². The van der Waals surface area contributed by atoms with Crippen LogP contribution in [0.4, 0.5) is 0 Å². The first-order valence-corrected chi connectivity index (χ1v) is 10.0. The van der Waals surface area contributed by atoms with E-state index in [0.717, 1.165) is 17.7 Å². The van der Waals surface area contributed by atoms with Gasteiger partial charge < -0.3 is 9.64 Å². The molecule has 3 aliphatic heterocycles. The third-order valence-electron chi connectivity index (χ3n) is 5.25. The second kappa shape index (κ2) is 6.99. The van der Waals surface area contributed by atoms with Gasteiger partial charge in [0.1, 0.15) is 6.04 Å². The molecule has 2 saturated heterocycles. The van der Waals surface area contributed by atoms with Crippen LogP contribution in [-0.4, -0.2) is 63.2 Å². The molecule has 7 nitrogen and oxygen atoms in total. The second-order valence-electron chi connectivity index (χ2n) is 7.05. The van der Waals surface area contributed by atoms with Gasteiger partial charge >= 0.3 is 5.97 Å². The zero-order chi connectivity index (χ0) is 19.0. The number of ether oxygens (including phenoxy) is 1. The molecule has 2 amide bonds. The van der Waals surface area contributed by atoms with Crippen LogP contribution in [0, 0.1) is 0 Å². The lowest BCUT2D eigenvalue weighted by Crippen LogP contribution is -2.47. The highest BCUT2D eigenvalue weighted by Crippen LogP contribution is 2.47. The molecule has 142 valence electrons. The molecule has 0 bridgehead atoms. The lowest BCUT2D eigenvalue weighted by molar-refractivity contribution is -0.158. The van der Waals surface area contributed by atoms with E-state index in [1.165, 1.54) is 5.01 Å². The van der Waals surface area contributed by atoms with Crippen molar-refractivity contribution in [2.75, 3.05) is 18.9 Å². The van der Waals surface area contributed by atoms with Gasteiger partial charge in [-0.15, -0.1) is 11.8 Å². The van der Waals surface area contributed by atoms with Crippen LogP contribution >= 0.6 is 11.8 Å². The summed E-state index contributed by atoms with van der Waals surface area (Å²) in [5.41, 5.74) is 1.83. The number of carbonyl (C=O) groups excluding carboxylic acids is 3. The topological polar surface area (TPSA) is 79.3 Å². The molecule has 0 saturated carbocycles. The highest BCUT2D eigenvalue weighted by atomic mass is 32.2. The van der Waals surface area contributed by atoms with E-state index in [1.54, 1.807) is 16.7 Å².